The van der Waals surface area contributed by atoms with Crippen molar-refractivity contribution < 1.29 is 9.13 Å². The fourth-order valence-corrected chi connectivity index (χ4v) is 3.45. The third kappa shape index (κ3) is 2.35. The van der Waals surface area contributed by atoms with Crippen LogP contribution in [0, 0.1) is 19.7 Å². The van der Waals surface area contributed by atoms with Crippen LogP contribution in [-0.4, -0.2) is 21.5 Å². The molecule has 0 amide bonds. The maximum atomic E-state index is 14.2. The lowest BCUT2D eigenvalue weighted by Gasteiger charge is -2.12. The lowest BCUT2D eigenvalue weighted by molar-refractivity contribution is 0.415. The number of aryl methyl sites for hydroxylation is 2. The van der Waals surface area contributed by atoms with Crippen LogP contribution in [0.25, 0.3) is 27.9 Å². The Kier molecular flexibility index (Phi) is 3.62. The molecule has 0 spiro atoms. The highest BCUT2D eigenvalue weighted by Gasteiger charge is 2.19. The number of fused-ring (bicyclic) bond motifs is 3. The zero-order chi connectivity index (χ0) is 17.7. The third-order valence-electron chi connectivity index (χ3n) is 4.27. The molecule has 0 unspecified atom stereocenters. The summed E-state index contributed by atoms with van der Waals surface area (Å²) in [5.41, 5.74) is 4.40. The average Bonchev–Trinajstić information content (AvgIpc) is 2.93. The van der Waals surface area contributed by atoms with E-state index >= 15 is 0 Å². The molecule has 4 aromatic rings. The molecule has 6 heteroatoms. The predicted octanol–water partition coefficient (Wildman–Crippen LogP) is 4.97. The molecule has 25 heavy (non-hydrogen) atoms. The van der Waals surface area contributed by atoms with E-state index in [1.165, 1.54) is 19.2 Å². The van der Waals surface area contributed by atoms with Crippen LogP contribution in [0.4, 0.5) is 4.39 Å². The molecule has 0 saturated heterocycles. The van der Waals surface area contributed by atoms with Crippen LogP contribution in [0.1, 0.15) is 11.4 Å². The zero-order valence-electron chi connectivity index (χ0n) is 14.0. The van der Waals surface area contributed by atoms with Crippen molar-refractivity contribution in [2.75, 3.05) is 7.11 Å². The molecule has 2 aromatic heterocycles. The maximum absolute atomic E-state index is 14.2. The molecule has 0 radical (unpaired) electrons. The molecule has 4 nitrogen and oxygen atoms in total. The number of rotatable bonds is 2. The largest absolute Gasteiger partial charge is 0.494 e. The normalized spacial score (nSPS) is 11.4. The van der Waals surface area contributed by atoms with E-state index in [1.54, 1.807) is 0 Å². The topological polar surface area (TPSA) is 39.4 Å². The zero-order valence-corrected chi connectivity index (χ0v) is 14.7. The van der Waals surface area contributed by atoms with E-state index in [0.29, 0.717) is 27.6 Å². The van der Waals surface area contributed by atoms with Gasteiger partial charge in [-0.1, -0.05) is 23.7 Å². The Balaban J connectivity index is 2.25. The lowest BCUT2D eigenvalue weighted by Crippen LogP contribution is -2.00. The number of hydrogen-bond donors (Lipinski definition) is 0. The SMILES string of the molecule is COc1cc(F)cc2c1nc(C)c1c(C)nc(-c3ccccc3Cl)n12. The van der Waals surface area contributed by atoms with Crippen LogP contribution in [-0.2, 0) is 0 Å². The summed E-state index contributed by atoms with van der Waals surface area (Å²) < 4.78 is 21.4. The number of methoxy groups -OCH3 is 1. The van der Waals surface area contributed by atoms with Gasteiger partial charge in [0.05, 0.1) is 34.6 Å². The first-order valence-corrected chi connectivity index (χ1v) is 8.17. The molecule has 0 fully saturated rings. The molecule has 2 heterocycles. The van der Waals surface area contributed by atoms with Gasteiger partial charge in [-0.3, -0.25) is 4.40 Å². The summed E-state index contributed by atoms with van der Waals surface area (Å²) in [6.07, 6.45) is 0. The first-order valence-electron chi connectivity index (χ1n) is 7.79. The van der Waals surface area contributed by atoms with E-state index in [-0.39, 0.29) is 0 Å². The van der Waals surface area contributed by atoms with Crippen LogP contribution in [0.2, 0.25) is 5.02 Å². The smallest absolute Gasteiger partial charge is 0.149 e. The summed E-state index contributed by atoms with van der Waals surface area (Å²) >= 11 is 6.38. The van der Waals surface area contributed by atoms with Crippen molar-refractivity contribution in [1.82, 2.24) is 14.4 Å². The van der Waals surface area contributed by atoms with Crippen molar-refractivity contribution >= 4 is 28.2 Å². The van der Waals surface area contributed by atoms with Gasteiger partial charge < -0.3 is 4.74 Å². The van der Waals surface area contributed by atoms with Gasteiger partial charge in [-0.05, 0) is 26.0 Å². The van der Waals surface area contributed by atoms with Gasteiger partial charge in [-0.25, -0.2) is 14.4 Å². The van der Waals surface area contributed by atoms with Gasteiger partial charge in [0.15, 0.2) is 0 Å². The van der Waals surface area contributed by atoms with E-state index < -0.39 is 5.82 Å². The minimum absolute atomic E-state index is 0.386. The van der Waals surface area contributed by atoms with Gasteiger partial charge in [0.1, 0.15) is 22.9 Å². The van der Waals surface area contributed by atoms with Gasteiger partial charge >= 0.3 is 0 Å². The highest BCUT2D eigenvalue weighted by molar-refractivity contribution is 6.33. The molecule has 0 aliphatic rings. The summed E-state index contributed by atoms with van der Waals surface area (Å²) in [7, 11) is 1.50. The predicted molar refractivity (Wildman–Crippen MR) is 96.9 cm³/mol. The van der Waals surface area contributed by atoms with Gasteiger partial charge in [0, 0.05) is 17.7 Å². The number of aromatic nitrogens is 3. The Morgan fingerprint density at radius 1 is 1.08 bits per heavy atom. The minimum Gasteiger partial charge on any atom is -0.494 e. The van der Waals surface area contributed by atoms with E-state index in [9.17, 15) is 4.39 Å². The summed E-state index contributed by atoms with van der Waals surface area (Å²) in [6, 6.07) is 10.2. The molecule has 0 N–H and O–H groups in total. The number of imidazole rings is 1. The monoisotopic (exact) mass is 355 g/mol. The van der Waals surface area contributed by atoms with Crippen molar-refractivity contribution in [1.29, 1.82) is 0 Å². The Morgan fingerprint density at radius 2 is 1.80 bits per heavy atom. The van der Waals surface area contributed by atoms with Crippen molar-refractivity contribution in [3.63, 3.8) is 0 Å². The summed E-state index contributed by atoms with van der Waals surface area (Å²) in [6.45, 7) is 3.81. The first kappa shape index (κ1) is 15.8. The van der Waals surface area contributed by atoms with E-state index in [4.69, 9.17) is 21.3 Å². The number of hydrogen-bond acceptors (Lipinski definition) is 3. The summed E-state index contributed by atoms with van der Waals surface area (Å²) in [5, 5.41) is 0.584. The molecule has 0 aliphatic carbocycles. The molecule has 2 aromatic carbocycles. The van der Waals surface area contributed by atoms with Crippen LogP contribution in [0.15, 0.2) is 36.4 Å². The average molecular weight is 356 g/mol. The van der Waals surface area contributed by atoms with Crippen LogP contribution >= 0.6 is 11.6 Å². The van der Waals surface area contributed by atoms with E-state index in [0.717, 1.165) is 22.5 Å². The molecule has 0 atom stereocenters. The first-order chi connectivity index (χ1) is 12.0. The second-order valence-corrected chi connectivity index (χ2v) is 6.26. The Hall–Kier alpha value is -2.66. The number of halogens is 2. The molecule has 0 bridgehead atoms. The Bertz CT molecular complexity index is 1140. The van der Waals surface area contributed by atoms with E-state index in [2.05, 4.69) is 4.98 Å². The van der Waals surface area contributed by atoms with Crippen molar-refractivity contribution in [3.8, 4) is 17.1 Å². The maximum Gasteiger partial charge on any atom is 0.149 e. The molecule has 0 saturated carbocycles. The quantitative estimate of drug-likeness (QED) is 0.509. The molecular formula is C19H15ClFN3O. The summed E-state index contributed by atoms with van der Waals surface area (Å²) in [4.78, 5) is 9.31. The van der Waals surface area contributed by atoms with Gasteiger partial charge in [-0.15, -0.1) is 0 Å². The number of benzene rings is 2. The highest BCUT2D eigenvalue weighted by Crippen LogP contribution is 2.34. The van der Waals surface area contributed by atoms with Crippen LogP contribution in [0.3, 0.4) is 0 Å². The van der Waals surface area contributed by atoms with Crippen molar-refractivity contribution in [2.24, 2.45) is 0 Å². The number of nitrogens with zero attached hydrogens (tertiary/aromatic N) is 3. The fraction of sp³-hybridized carbons (Fsp3) is 0.158. The standard InChI is InChI=1S/C19H15ClFN3O/c1-10-18-11(2)23-19(13-6-4-5-7-14(13)20)24(18)15-8-12(21)9-16(25-3)17(15)22-10/h4-9H,1-3H3. The molecule has 0 aliphatic heterocycles. The van der Waals surface area contributed by atoms with Crippen molar-refractivity contribution in [2.45, 2.75) is 13.8 Å². The Morgan fingerprint density at radius 3 is 2.52 bits per heavy atom. The van der Waals surface area contributed by atoms with Gasteiger partial charge in [0.2, 0.25) is 0 Å². The van der Waals surface area contributed by atoms with E-state index in [1.807, 2.05) is 42.5 Å². The molecular weight excluding hydrogens is 341 g/mol. The van der Waals surface area contributed by atoms with Crippen LogP contribution < -0.4 is 4.74 Å². The van der Waals surface area contributed by atoms with Crippen molar-refractivity contribution in [3.05, 3.63) is 58.6 Å². The van der Waals surface area contributed by atoms with Gasteiger partial charge in [-0.2, -0.15) is 0 Å². The summed E-state index contributed by atoms with van der Waals surface area (Å²) in [5.74, 6) is 0.644. The second-order valence-electron chi connectivity index (χ2n) is 5.86. The minimum atomic E-state index is -0.396. The molecule has 4 rings (SSSR count). The van der Waals surface area contributed by atoms with Crippen LogP contribution in [0.5, 0.6) is 5.75 Å². The lowest BCUT2D eigenvalue weighted by atomic mass is 10.2. The Labute approximate surface area is 148 Å². The fourth-order valence-electron chi connectivity index (χ4n) is 3.23. The second kappa shape index (κ2) is 5.70. The third-order valence-corrected chi connectivity index (χ3v) is 4.60. The van der Waals surface area contributed by atoms with Gasteiger partial charge in [0.25, 0.3) is 0 Å². The molecule has 126 valence electrons. The number of ether oxygens (including phenoxy) is 1. The highest BCUT2D eigenvalue weighted by atomic mass is 35.5.